The van der Waals surface area contributed by atoms with Gasteiger partial charge in [-0.3, -0.25) is 14.9 Å². The highest BCUT2D eigenvalue weighted by Gasteiger charge is 2.15. The Bertz CT molecular complexity index is 664. The van der Waals surface area contributed by atoms with Gasteiger partial charge in [0.25, 0.3) is 11.6 Å². The van der Waals surface area contributed by atoms with Crippen molar-refractivity contribution >= 4 is 17.8 Å². The second kappa shape index (κ2) is 5.65. The first-order valence-electron chi connectivity index (χ1n) is 5.42. The molecule has 2 aromatic rings. The fourth-order valence-electron chi connectivity index (χ4n) is 1.40. The number of nitro groups is 1. The fourth-order valence-corrected chi connectivity index (χ4v) is 1.40. The highest BCUT2D eigenvalue weighted by atomic mass is 16.6. The van der Waals surface area contributed by atoms with E-state index in [0.717, 1.165) is 18.2 Å². The molecule has 1 amide bonds. The maximum atomic E-state index is 11.7. The lowest BCUT2D eigenvalue weighted by Gasteiger charge is -2.02. The molecule has 0 saturated carbocycles. The number of hydrogen-bond donors (Lipinski definition) is 2. The van der Waals surface area contributed by atoms with Gasteiger partial charge in [0.1, 0.15) is 11.5 Å². The lowest BCUT2D eigenvalue weighted by molar-refractivity contribution is -0.384. The van der Waals surface area contributed by atoms with Crippen LogP contribution in [0, 0.1) is 10.1 Å². The summed E-state index contributed by atoms with van der Waals surface area (Å²) in [4.78, 5) is 21.7. The van der Waals surface area contributed by atoms with E-state index in [4.69, 9.17) is 4.42 Å². The first-order valence-corrected chi connectivity index (χ1v) is 5.42. The van der Waals surface area contributed by atoms with Crippen LogP contribution in [0.5, 0.6) is 5.75 Å². The molecule has 1 heterocycles. The zero-order chi connectivity index (χ0) is 14.5. The minimum absolute atomic E-state index is 0.240. The van der Waals surface area contributed by atoms with Gasteiger partial charge in [0.15, 0.2) is 0 Å². The van der Waals surface area contributed by atoms with Crippen LogP contribution in [0.4, 0.5) is 5.69 Å². The topological polar surface area (TPSA) is 118 Å². The fraction of sp³-hybridized carbons (Fsp3) is 0. The van der Waals surface area contributed by atoms with Crippen molar-refractivity contribution in [2.45, 2.75) is 0 Å². The standard InChI is InChI=1S/C12H9N3O5/c16-11-4-3-8(15(18)19)6-10(11)12(17)14-13-7-9-2-1-5-20-9/h1-7,16H,(H,14,17)/b13-7+. The summed E-state index contributed by atoms with van der Waals surface area (Å²) in [6.45, 7) is 0. The van der Waals surface area contributed by atoms with Crippen LogP contribution in [0.25, 0.3) is 0 Å². The van der Waals surface area contributed by atoms with Crippen LogP contribution in [-0.2, 0) is 0 Å². The molecule has 8 nitrogen and oxygen atoms in total. The SMILES string of the molecule is O=C(N/N=C/c1ccco1)c1cc([N+](=O)[O-])ccc1O. The van der Waals surface area contributed by atoms with Crippen molar-refractivity contribution in [1.82, 2.24) is 5.43 Å². The van der Waals surface area contributed by atoms with Crippen molar-refractivity contribution in [1.29, 1.82) is 0 Å². The van der Waals surface area contributed by atoms with Crippen LogP contribution >= 0.6 is 0 Å². The van der Waals surface area contributed by atoms with Gasteiger partial charge in [-0.15, -0.1) is 0 Å². The molecule has 0 radical (unpaired) electrons. The van der Waals surface area contributed by atoms with E-state index in [0.29, 0.717) is 5.76 Å². The van der Waals surface area contributed by atoms with Crippen LogP contribution in [0.15, 0.2) is 46.1 Å². The highest BCUT2D eigenvalue weighted by molar-refractivity contribution is 5.97. The van der Waals surface area contributed by atoms with Gasteiger partial charge in [-0.1, -0.05) is 0 Å². The molecule has 1 aromatic carbocycles. The van der Waals surface area contributed by atoms with Gasteiger partial charge in [0.05, 0.1) is 23.0 Å². The van der Waals surface area contributed by atoms with E-state index < -0.39 is 10.8 Å². The number of aromatic hydroxyl groups is 1. The van der Waals surface area contributed by atoms with E-state index in [2.05, 4.69) is 10.5 Å². The van der Waals surface area contributed by atoms with Crippen LogP contribution in [-0.4, -0.2) is 22.2 Å². The van der Waals surface area contributed by atoms with E-state index in [1.165, 1.54) is 12.5 Å². The molecule has 1 aromatic heterocycles. The molecule has 0 unspecified atom stereocenters. The molecule has 0 saturated heterocycles. The van der Waals surface area contributed by atoms with Crippen LogP contribution < -0.4 is 5.43 Å². The Morgan fingerprint density at radius 2 is 2.25 bits per heavy atom. The summed E-state index contributed by atoms with van der Waals surface area (Å²) in [5, 5.41) is 23.7. The van der Waals surface area contributed by atoms with Crippen molar-refractivity contribution in [2.24, 2.45) is 5.10 Å². The Labute approximate surface area is 112 Å². The second-order valence-electron chi connectivity index (χ2n) is 3.67. The predicted molar refractivity (Wildman–Crippen MR) is 68.5 cm³/mol. The number of non-ortho nitro benzene ring substituents is 1. The van der Waals surface area contributed by atoms with Crippen LogP contribution in [0.2, 0.25) is 0 Å². The van der Waals surface area contributed by atoms with E-state index >= 15 is 0 Å². The third-order valence-corrected chi connectivity index (χ3v) is 2.34. The van der Waals surface area contributed by atoms with E-state index in [9.17, 15) is 20.0 Å². The second-order valence-corrected chi connectivity index (χ2v) is 3.67. The Morgan fingerprint density at radius 1 is 1.45 bits per heavy atom. The van der Waals surface area contributed by atoms with Gasteiger partial charge >= 0.3 is 0 Å². The van der Waals surface area contributed by atoms with Gasteiger partial charge in [-0.05, 0) is 18.2 Å². The van der Waals surface area contributed by atoms with Crippen molar-refractivity contribution in [3.05, 3.63) is 58.0 Å². The van der Waals surface area contributed by atoms with Crippen LogP contribution in [0.3, 0.4) is 0 Å². The molecule has 2 rings (SSSR count). The molecule has 102 valence electrons. The summed E-state index contributed by atoms with van der Waals surface area (Å²) >= 11 is 0. The molecule has 0 aliphatic heterocycles. The number of nitrogens with zero attached hydrogens (tertiary/aromatic N) is 2. The minimum atomic E-state index is -0.769. The summed E-state index contributed by atoms with van der Waals surface area (Å²) in [6.07, 6.45) is 2.70. The Kier molecular flexibility index (Phi) is 3.75. The van der Waals surface area contributed by atoms with Gasteiger partial charge < -0.3 is 9.52 Å². The quantitative estimate of drug-likeness (QED) is 0.499. The Balaban J connectivity index is 2.12. The van der Waals surface area contributed by atoms with Gasteiger partial charge in [-0.25, -0.2) is 5.43 Å². The van der Waals surface area contributed by atoms with Crippen molar-refractivity contribution in [2.75, 3.05) is 0 Å². The summed E-state index contributed by atoms with van der Waals surface area (Å²) < 4.78 is 4.96. The third kappa shape index (κ3) is 2.99. The summed E-state index contributed by atoms with van der Waals surface area (Å²) in [7, 11) is 0. The number of hydrogen-bond acceptors (Lipinski definition) is 6. The first-order chi connectivity index (χ1) is 9.58. The average Bonchev–Trinajstić information content (AvgIpc) is 2.92. The number of phenolic OH excluding ortho intramolecular Hbond substituents is 1. The zero-order valence-corrected chi connectivity index (χ0v) is 10.0. The molecule has 0 fully saturated rings. The smallest absolute Gasteiger partial charge is 0.275 e. The molecule has 20 heavy (non-hydrogen) atoms. The average molecular weight is 275 g/mol. The van der Waals surface area contributed by atoms with E-state index in [-0.39, 0.29) is 17.0 Å². The summed E-state index contributed by atoms with van der Waals surface area (Å²) in [5.41, 5.74) is 1.59. The molecular formula is C12H9N3O5. The van der Waals surface area contributed by atoms with Crippen molar-refractivity contribution < 1.29 is 19.2 Å². The number of benzene rings is 1. The van der Waals surface area contributed by atoms with E-state index in [1.807, 2.05) is 0 Å². The lowest BCUT2D eigenvalue weighted by Crippen LogP contribution is -2.17. The Morgan fingerprint density at radius 3 is 2.90 bits per heavy atom. The zero-order valence-electron chi connectivity index (χ0n) is 10.0. The van der Waals surface area contributed by atoms with Gasteiger partial charge in [-0.2, -0.15) is 5.10 Å². The molecule has 0 spiro atoms. The summed E-state index contributed by atoms with van der Waals surface area (Å²) in [6, 6.07) is 6.41. The molecule has 8 heteroatoms. The number of rotatable bonds is 4. The normalized spacial score (nSPS) is 10.6. The number of furan rings is 1. The first kappa shape index (κ1) is 13.3. The number of phenols is 1. The number of nitro benzene ring substituents is 1. The number of carbonyl (C=O) groups is 1. The molecule has 2 N–H and O–H groups in total. The maximum absolute atomic E-state index is 11.7. The summed E-state index contributed by atoms with van der Waals surface area (Å²) in [5.74, 6) is -0.719. The molecule has 0 atom stereocenters. The predicted octanol–water partition coefficient (Wildman–Crippen LogP) is 1.66. The number of amides is 1. The van der Waals surface area contributed by atoms with Gasteiger partial charge in [0, 0.05) is 12.1 Å². The Hall–Kier alpha value is -3.16. The highest BCUT2D eigenvalue weighted by Crippen LogP contribution is 2.22. The lowest BCUT2D eigenvalue weighted by atomic mass is 10.1. The number of hydrazone groups is 1. The number of carbonyl (C=O) groups excluding carboxylic acids is 1. The van der Waals surface area contributed by atoms with Gasteiger partial charge in [0.2, 0.25) is 0 Å². The molecule has 0 aliphatic rings. The number of nitrogens with one attached hydrogen (secondary N) is 1. The monoisotopic (exact) mass is 275 g/mol. The van der Waals surface area contributed by atoms with Crippen molar-refractivity contribution in [3.63, 3.8) is 0 Å². The van der Waals surface area contributed by atoms with Crippen molar-refractivity contribution in [3.8, 4) is 5.75 Å². The third-order valence-electron chi connectivity index (χ3n) is 2.34. The molecular weight excluding hydrogens is 266 g/mol. The minimum Gasteiger partial charge on any atom is -0.507 e. The molecule has 0 bridgehead atoms. The maximum Gasteiger partial charge on any atom is 0.275 e. The largest absolute Gasteiger partial charge is 0.507 e. The molecule has 0 aliphatic carbocycles. The van der Waals surface area contributed by atoms with Crippen LogP contribution in [0.1, 0.15) is 16.1 Å². The van der Waals surface area contributed by atoms with E-state index in [1.54, 1.807) is 12.1 Å².